The Hall–Kier alpha value is -2.00. The Morgan fingerprint density at radius 1 is 1.05 bits per heavy atom. The molecule has 0 spiro atoms. The lowest BCUT2D eigenvalue weighted by Gasteiger charge is -2.19. The summed E-state index contributed by atoms with van der Waals surface area (Å²) in [5.41, 5.74) is 1.06. The van der Waals surface area contributed by atoms with Crippen LogP contribution in [0.3, 0.4) is 0 Å². The van der Waals surface area contributed by atoms with Crippen molar-refractivity contribution in [3.05, 3.63) is 65.2 Å². The molecule has 1 amide bonds. The molecule has 0 unspecified atom stereocenters. The van der Waals surface area contributed by atoms with Crippen LogP contribution in [0.4, 0.5) is 0 Å². The maximum atomic E-state index is 12.1. The molecule has 0 aromatic heterocycles. The van der Waals surface area contributed by atoms with E-state index in [0.717, 1.165) is 5.56 Å². The molecule has 21 heavy (non-hydrogen) atoms. The minimum Gasteiger partial charge on any atom is -0.481 e. The van der Waals surface area contributed by atoms with Crippen molar-refractivity contribution < 1.29 is 9.53 Å². The van der Waals surface area contributed by atoms with Crippen LogP contribution in [0.25, 0.3) is 0 Å². The number of amides is 1. The van der Waals surface area contributed by atoms with E-state index in [0.29, 0.717) is 10.8 Å². The zero-order chi connectivity index (χ0) is 15.2. The van der Waals surface area contributed by atoms with Gasteiger partial charge in [-0.15, -0.1) is 0 Å². The zero-order valence-electron chi connectivity index (χ0n) is 12.0. The highest BCUT2D eigenvalue weighted by molar-refractivity contribution is 6.30. The normalized spacial score (nSPS) is 13.3. The fraction of sp³-hybridized carbons (Fsp3) is 0.235. The number of ether oxygens (including phenoxy) is 1. The van der Waals surface area contributed by atoms with E-state index in [1.54, 1.807) is 31.2 Å². The zero-order valence-corrected chi connectivity index (χ0v) is 12.8. The molecule has 0 bridgehead atoms. The van der Waals surface area contributed by atoms with Gasteiger partial charge < -0.3 is 10.1 Å². The third kappa shape index (κ3) is 4.50. The standard InChI is InChI=1S/C17H18ClNO2/c1-12(14-6-4-3-5-7-14)19-17(20)13(2)21-16-10-8-15(18)9-11-16/h3-13H,1-2H3,(H,19,20)/t12-,13-/m1/s1. The molecule has 2 aromatic rings. The van der Waals surface area contributed by atoms with Gasteiger partial charge in [-0.2, -0.15) is 0 Å². The van der Waals surface area contributed by atoms with Crippen LogP contribution in [0.5, 0.6) is 5.75 Å². The van der Waals surface area contributed by atoms with E-state index >= 15 is 0 Å². The predicted octanol–water partition coefficient (Wildman–Crippen LogP) is 3.98. The molecular weight excluding hydrogens is 286 g/mol. The van der Waals surface area contributed by atoms with Gasteiger partial charge in [-0.3, -0.25) is 4.79 Å². The molecule has 1 N–H and O–H groups in total. The first-order valence-electron chi connectivity index (χ1n) is 6.84. The van der Waals surface area contributed by atoms with E-state index in [-0.39, 0.29) is 11.9 Å². The van der Waals surface area contributed by atoms with Crippen molar-refractivity contribution in [3.63, 3.8) is 0 Å². The van der Waals surface area contributed by atoms with Gasteiger partial charge in [0.05, 0.1) is 6.04 Å². The van der Waals surface area contributed by atoms with Crippen LogP contribution < -0.4 is 10.1 Å². The quantitative estimate of drug-likeness (QED) is 0.907. The van der Waals surface area contributed by atoms with Crippen LogP contribution in [0.1, 0.15) is 25.5 Å². The number of halogens is 1. The Morgan fingerprint density at radius 2 is 1.67 bits per heavy atom. The molecule has 0 heterocycles. The van der Waals surface area contributed by atoms with E-state index < -0.39 is 6.10 Å². The number of rotatable bonds is 5. The molecule has 3 nitrogen and oxygen atoms in total. The van der Waals surface area contributed by atoms with Gasteiger partial charge >= 0.3 is 0 Å². The Morgan fingerprint density at radius 3 is 2.29 bits per heavy atom. The maximum Gasteiger partial charge on any atom is 0.261 e. The highest BCUT2D eigenvalue weighted by Crippen LogP contribution is 2.17. The smallest absolute Gasteiger partial charge is 0.261 e. The minimum absolute atomic E-state index is 0.0602. The van der Waals surface area contributed by atoms with Crippen molar-refractivity contribution in [2.75, 3.05) is 0 Å². The van der Waals surface area contributed by atoms with Gasteiger partial charge in [0.2, 0.25) is 0 Å². The number of hydrogen-bond acceptors (Lipinski definition) is 2. The largest absolute Gasteiger partial charge is 0.481 e. The Balaban J connectivity index is 1.92. The van der Waals surface area contributed by atoms with Gasteiger partial charge in [0.15, 0.2) is 6.10 Å². The van der Waals surface area contributed by atoms with Crippen LogP contribution in [-0.2, 0) is 4.79 Å². The van der Waals surface area contributed by atoms with E-state index in [1.807, 2.05) is 37.3 Å². The molecule has 0 saturated carbocycles. The molecular formula is C17H18ClNO2. The molecule has 0 radical (unpaired) electrons. The molecule has 0 aliphatic heterocycles. The van der Waals surface area contributed by atoms with Crippen LogP contribution in [-0.4, -0.2) is 12.0 Å². The highest BCUT2D eigenvalue weighted by Gasteiger charge is 2.17. The third-order valence-electron chi connectivity index (χ3n) is 3.15. The maximum absolute atomic E-state index is 12.1. The molecule has 0 aliphatic rings. The lowest BCUT2D eigenvalue weighted by atomic mass is 10.1. The molecule has 0 saturated heterocycles. The van der Waals surface area contributed by atoms with Crippen molar-refractivity contribution in [2.24, 2.45) is 0 Å². The number of carbonyl (C=O) groups is 1. The van der Waals surface area contributed by atoms with Crippen molar-refractivity contribution >= 4 is 17.5 Å². The summed E-state index contributed by atoms with van der Waals surface area (Å²) in [5.74, 6) is 0.468. The minimum atomic E-state index is -0.572. The molecule has 110 valence electrons. The molecule has 0 fully saturated rings. The second-order valence-electron chi connectivity index (χ2n) is 4.85. The lowest BCUT2D eigenvalue weighted by Crippen LogP contribution is -2.37. The molecule has 4 heteroatoms. The summed E-state index contributed by atoms with van der Waals surface area (Å²) >= 11 is 5.81. The van der Waals surface area contributed by atoms with Crippen molar-refractivity contribution in [2.45, 2.75) is 26.0 Å². The summed E-state index contributed by atoms with van der Waals surface area (Å²) < 4.78 is 5.60. The predicted molar refractivity (Wildman–Crippen MR) is 84.5 cm³/mol. The van der Waals surface area contributed by atoms with E-state index in [4.69, 9.17) is 16.3 Å². The fourth-order valence-corrected chi connectivity index (χ4v) is 2.05. The summed E-state index contributed by atoms with van der Waals surface area (Å²) in [7, 11) is 0. The van der Waals surface area contributed by atoms with Gasteiger partial charge in [-0.05, 0) is 43.7 Å². The second kappa shape index (κ2) is 7.14. The Kier molecular flexibility index (Phi) is 5.23. The van der Waals surface area contributed by atoms with E-state index in [9.17, 15) is 4.79 Å². The topological polar surface area (TPSA) is 38.3 Å². The van der Waals surface area contributed by atoms with E-state index in [2.05, 4.69) is 5.32 Å². The van der Waals surface area contributed by atoms with Gasteiger partial charge in [0.1, 0.15) is 5.75 Å². The van der Waals surface area contributed by atoms with Gasteiger partial charge in [-0.25, -0.2) is 0 Å². The average Bonchev–Trinajstić information content (AvgIpc) is 2.50. The summed E-state index contributed by atoms with van der Waals surface area (Å²) in [6.45, 7) is 3.67. The first kappa shape index (κ1) is 15.4. The van der Waals surface area contributed by atoms with Crippen LogP contribution >= 0.6 is 11.6 Å². The lowest BCUT2D eigenvalue weighted by molar-refractivity contribution is -0.127. The Labute approximate surface area is 129 Å². The highest BCUT2D eigenvalue weighted by atomic mass is 35.5. The van der Waals surface area contributed by atoms with Crippen LogP contribution in [0, 0.1) is 0 Å². The number of hydrogen-bond donors (Lipinski definition) is 1. The fourth-order valence-electron chi connectivity index (χ4n) is 1.93. The van der Waals surface area contributed by atoms with Crippen molar-refractivity contribution in [3.8, 4) is 5.75 Å². The Bertz CT molecular complexity index is 583. The van der Waals surface area contributed by atoms with Gasteiger partial charge in [-0.1, -0.05) is 41.9 Å². The first-order valence-corrected chi connectivity index (χ1v) is 7.21. The van der Waals surface area contributed by atoms with Crippen molar-refractivity contribution in [1.82, 2.24) is 5.32 Å². The summed E-state index contributed by atoms with van der Waals surface area (Å²) in [6, 6.07) is 16.7. The molecule has 2 atom stereocenters. The number of nitrogens with one attached hydrogen (secondary N) is 1. The monoisotopic (exact) mass is 303 g/mol. The average molecular weight is 304 g/mol. The summed E-state index contributed by atoms with van der Waals surface area (Å²) in [6.07, 6.45) is -0.572. The summed E-state index contributed by atoms with van der Waals surface area (Å²) in [4.78, 5) is 12.1. The molecule has 2 aromatic carbocycles. The summed E-state index contributed by atoms with van der Waals surface area (Å²) in [5, 5.41) is 3.57. The second-order valence-corrected chi connectivity index (χ2v) is 5.29. The number of carbonyl (C=O) groups excluding carboxylic acids is 1. The van der Waals surface area contributed by atoms with Gasteiger partial charge in [0, 0.05) is 5.02 Å². The van der Waals surface area contributed by atoms with Crippen molar-refractivity contribution in [1.29, 1.82) is 0 Å². The molecule has 0 aliphatic carbocycles. The SMILES string of the molecule is C[C@@H](Oc1ccc(Cl)cc1)C(=O)N[C@H](C)c1ccccc1. The molecule has 2 rings (SSSR count). The van der Waals surface area contributed by atoms with Gasteiger partial charge in [0.25, 0.3) is 5.91 Å². The first-order chi connectivity index (χ1) is 10.1. The van der Waals surface area contributed by atoms with Crippen LogP contribution in [0.2, 0.25) is 5.02 Å². The number of benzene rings is 2. The van der Waals surface area contributed by atoms with Crippen LogP contribution in [0.15, 0.2) is 54.6 Å². The third-order valence-corrected chi connectivity index (χ3v) is 3.41. The van der Waals surface area contributed by atoms with E-state index in [1.165, 1.54) is 0 Å².